The van der Waals surface area contributed by atoms with Crippen LogP contribution in [0.1, 0.15) is 39.0 Å². The second-order valence-electron chi connectivity index (χ2n) is 5.67. The van der Waals surface area contributed by atoms with Crippen LogP contribution in [0.25, 0.3) is 0 Å². The van der Waals surface area contributed by atoms with E-state index in [-0.39, 0.29) is 12.0 Å². The molecule has 0 spiro atoms. The Morgan fingerprint density at radius 3 is 2.80 bits per heavy atom. The lowest BCUT2D eigenvalue weighted by atomic mass is 10.1. The maximum absolute atomic E-state index is 12.4. The number of carbonyl (C=O) groups is 1. The highest BCUT2D eigenvalue weighted by atomic mass is 16.5. The summed E-state index contributed by atoms with van der Waals surface area (Å²) >= 11 is 0. The number of rotatable bonds is 7. The minimum Gasteiger partial charge on any atom is -0.381 e. The van der Waals surface area contributed by atoms with Crippen LogP contribution in [0.3, 0.4) is 0 Å². The smallest absolute Gasteiger partial charge is 0.225 e. The average molecular weight is 284 g/mol. The third-order valence-electron chi connectivity index (χ3n) is 4.10. The zero-order valence-electron chi connectivity index (χ0n) is 12.6. The molecule has 1 unspecified atom stereocenters. The number of hydrogen-bond donors (Lipinski definition) is 1. The number of nitrogens with one attached hydrogen (secondary N) is 1. The van der Waals surface area contributed by atoms with E-state index < -0.39 is 0 Å². The normalized spacial score (nSPS) is 23.9. The molecule has 2 aliphatic rings. The second-order valence-corrected chi connectivity index (χ2v) is 5.67. The second kappa shape index (κ2) is 8.60. The Morgan fingerprint density at radius 1 is 1.35 bits per heavy atom. The van der Waals surface area contributed by atoms with E-state index in [2.05, 4.69) is 12.2 Å². The Balaban J connectivity index is 1.70. The van der Waals surface area contributed by atoms with E-state index in [1.54, 1.807) is 0 Å². The lowest BCUT2D eigenvalue weighted by Gasteiger charge is -2.29. The highest BCUT2D eigenvalue weighted by molar-refractivity contribution is 5.76. The van der Waals surface area contributed by atoms with Crippen LogP contribution in [0.5, 0.6) is 0 Å². The molecule has 2 fully saturated rings. The van der Waals surface area contributed by atoms with Crippen LogP contribution in [-0.2, 0) is 14.3 Å². The van der Waals surface area contributed by atoms with Gasteiger partial charge in [-0.25, -0.2) is 0 Å². The van der Waals surface area contributed by atoms with Gasteiger partial charge in [-0.1, -0.05) is 6.92 Å². The van der Waals surface area contributed by atoms with Crippen LogP contribution in [0.15, 0.2) is 0 Å². The standard InChI is InChI=1S/C15H28N2O3/c1-2-8-17(13-3-7-16-12-13)15(18)6-11-20-14-4-9-19-10-5-14/h13-14,16H,2-12H2,1H3. The van der Waals surface area contributed by atoms with Gasteiger partial charge in [0.2, 0.25) is 5.91 Å². The molecule has 2 aliphatic heterocycles. The molecular weight excluding hydrogens is 256 g/mol. The van der Waals surface area contributed by atoms with Gasteiger partial charge in [-0.05, 0) is 32.2 Å². The molecule has 0 radical (unpaired) electrons. The number of nitrogens with zero attached hydrogens (tertiary/aromatic N) is 1. The van der Waals surface area contributed by atoms with Gasteiger partial charge in [0.1, 0.15) is 0 Å². The van der Waals surface area contributed by atoms with E-state index in [0.717, 1.165) is 58.5 Å². The molecule has 5 heteroatoms. The molecule has 2 saturated heterocycles. The van der Waals surface area contributed by atoms with Gasteiger partial charge in [0.15, 0.2) is 0 Å². The zero-order chi connectivity index (χ0) is 14.2. The van der Waals surface area contributed by atoms with Crippen LogP contribution < -0.4 is 5.32 Å². The predicted molar refractivity (Wildman–Crippen MR) is 77.7 cm³/mol. The number of carbonyl (C=O) groups excluding carboxylic acids is 1. The molecule has 116 valence electrons. The Morgan fingerprint density at radius 2 is 2.15 bits per heavy atom. The van der Waals surface area contributed by atoms with Crippen molar-refractivity contribution in [2.75, 3.05) is 39.5 Å². The van der Waals surface area contributed by atoms with Crippen molar-refractivity contribution < 1.29 is 14.3 Å². The van der Waals surface area contributed by atoms with E-state index >= 15 is 0 Å². The van der Waals surface area contributed by atoms with Crippen LogP contribution in [0, 0.1) is 0 Å². The van der Waals surface area contributed by atoms with E-state index in [0.29, 0.717) is 19.1 Å². The first-order chi connectivity index (χ1) is 9.81. The molecule has 2 rings (SSSR count). The summed E-state index contributed by atoms with van der Waals surface area (Å²) in [5, 5.41) is 3.33. The van der Waals surface area contributed by atoms with E-state index in [4.69, 9.17) is 9.47 Å². The molecule has 2 heterocycles. The predicted octanol–water partition coefficient (Wildman–Crippen LogP) is 1.17. The van der Waals surface area contributed by atoms with Crippen LogP contribution in [0.4, 0.5) is 0 Å². The third kappa shape index (κ3) is 4.72. The fourth-order valence-corrected chi connectivity index (χ4v) is 2.96. The van der Waals surface area contributed by atoms with Crippen molar-refractivity contribution in [1.82, 2.24) is 10.2 Å². The lowest BCUT2D eigenvalue weighted by molar-refractivity contribution is -0.135. The van der Waals surface area contributed by atoms with Crippen molar-refractivity contribution in [3.63, 3.8) is 0 Å². The molecule has 1 amide bonds. The largest absolute Gasteiger partial charge is 0.381 e. The summed E-state index contributed by atoms with van der Waals surface area (Å²) in [6.45, 7) is 7.07. The van der Waals surface area contributed by atoms with Gasteiger partial charge in [0, 0.05) is 32.3 Å². The molecule has 5 nitrogen and oxygen atoms in total. The fourth-order valence-electron chi connectivity index (χ4n) is 2.96. The Hall–Kier alpha value is -0.650. The minimum atomic E-state index is 0.243. The number of ether oxygens (including phenoxy) is 2. The highest BCUT2D eigenvalue weighted by Gasteiger charge is 2.25. The van der Waals surface area contributed by atoms with Gasteiger partial charge in [-0.3, -0.25) is 4.79 Å². The molecule has 0 saturated carbocycles. The number of hydrogen-bond acceptors (Lipinski definition) is 4. The quantitative estimate of drug-likeness (QED) is 0.762. The lowest BCUT2D eigenvalue weighted by Crippen LogP contribution is -2.42. The van der Waals surface area contributed by atoms with E-state index in [9.17, 15) is 4.79 Å². The summed E-state index contributed by atoms with van der Waals surface area (Å²) in [5.41, 5.74) is 0. The first kappa shape index (κ1) is 15.7. The van der Waals surface area contributed by atoms with Crippen molar-refractivity contribution in [1.29, 1.82) is 0 Å². The molecule has 1 N–H and O–H groups in total. The minimum absolute atomic E-state index is 0.243. The molecule has 0 aliphatic carbocycles. The number of amides is 1. The first-order valence-corrected chi connectivity index (χ1v) is 8.00. The van der Waals surface area contributed by atoms with Gasteiger partial charge < -0.3 is 19.7 Å². The van der Waals surface area contributed by atoms with Gasteiger partial charge in [0.05, 0.1) is 19.1 Å². The molecule has 0 aromatic rings. The van der Waals surface area contributed by atoms with Crippen LogP contribution in [0.2, 0.25) is 0 Å². The van der Waals surface area contributed by atoms with Crippen molar-refractivity contribution in [2.24, 2.45) is 0 Å². The maximum atomic E-state index is 12.4. The van der Waals surface area contributed by atoms with E-state index in [1.165, 1.54) is 0 Å². The van der Waals surface area contributed by atoms with E-state index in [1.807, 2.05) is 4.90 Å². The monoisotopic (exact) mass is 284 g/mol. The molecule has 0 aromatic heterocycles. The summed E-state index contributed by atoms with van der Waals surface area (Å²) in [4.78, 5) is 14.4. The van der Waals surface area contributed by atoms with Gasteiger partial charge >= 0.3 is 0 Å². The summed E-state index contributed by atoms with van der Waals surface area (Å²) in [7, 11) is 0. The fraction of sp³-hybridized carbons (Fsp3) is 0.933. The van der Waals surface area contributed by atoms with Crippen molar-refractivity contribution in [2.45, 2.75) is 51.2 Å². The Kier molecular flexibility index (Phi) is 6.76. The SMILES string of the molecule is CCCN(C(=O)CCOC1CCOCC1)C1CCNC1. The summed E-state index contributed by atoms with van der Waals surface area (Å²) in [5.74, 6) is 0.243. The molecule has 0 bridgehead atoms. The molecule has 1 atom stereocenters. The Bertz CT molecular complexity index is 287. The van der Waals surface area contributed by atoms with Gasteiger partial charge in [-0.2, -0.15) is 0 Å². The highest BCUT2D eigenvalue weighted by Crippen LogP contribution is 2.13. The molecule has 0 aromatic carbocycles. The zero-order valence-corrected chi connectivity index (χ0v) is 12.6. The van der Waals surface area contributed by atoms with Gasteiger partial charge in [-0.15, -0.1) is 0 Å². The summed E-state index contributed by atoms with van der Waals surface area (Å²) < 4.78 is 11.1. The average Bonchev–Trinajstić information content (AvgIpc) is 2.99. The molecular formula is C15H28N2O3. The van der Waals surface area contributed by atoms with Gasteiger partial charge in [0.25, 0.3) is 0 Å². The Labute approximate surface area is 122 Å². The van der Waals surface area contributed by atoms with Crippen LogP contribution in [-0.4, -0.2) is 62.4 Å². The van der Waals surface area contributed by atoms with Crippen molar-refractivity contribution in [3.05, 3.63) is 0 Å². The van der Waals surface area contributed by atoms with Crippen molar-refractivity contribution >= 4 is 5.91 Å². The first-order valence-electron chi connectivity index (χ1n) is 8.00. The topological polar surface area (TPSA) is 50.8 Å². The summed E-state index contributed by atoms with van der Waals surface area (Å²) in [6, 6.07) is 0.380. The molecule has 20 heavy (non-hydrogen) atoms. The van der Waals surface area contributed by atoms with Crippen LogP contribution >= 0.6 is 0 Å². The maximum Gasteiger partial charge on any atom is 0.225 e. The summed E-state index contributed by atoms with van der Waals surface area (Å²) in [6.07, 6.45) is 4.80. The van der Waals surface area contributed by atoms with Crippen molar-refractivity contribution in [3.8, 4) is 0 Å². The third-order valence-corrected chi connectivity index (χ3v) is 4.10.